The molecule has 1 aromatic heterocycles. The van der Waals surface area contributed by atoms with Crippen LogP contribution in [0.3, 0.4) is 0 Å². The van der Waals surface area contributed by atoms with Gasteiger partial charge in [-0.3, -0.25) is 9.59 Å². The van der Waals surface area contributed by atoms with Crippen molar-refractivity contribution in [3.8, 4) is 11.4 Å². The molecule has 0 bridgehead atoms. The Morgan fingerprint density at radius 2 is 1.97 bits per heavy atom. The van der Waals surface area contributed by atoms with Gasteiger partial charge in [-0.1, -0.05) is 48.0 Å². The van der Waals surface area contributed by atoms with Crippen LogP contribution in [0.2, 0.25) is 0 Å². The van der Waals surface area contributed by atoms with Gasteiger partial charge in [0.15, 0.2) is 11.6 Å². The number of benzene rings is 1. The number of carbonyl (C=O) groups excluding carboxylic acids is 2. The summed E-state index contributed by atoms with van der Waals surface area (Å²) in [6.45, 7) is 8.62. The molecule has 2 heterocycles. The highest BCUT2D eigenvalue weighted by Crippen LogP contribution is 2.30. The Bertz CT molecular complexity index is 954. The van der Waals surface area contributed by atoms with Crippen LogP contribution in [0.15, 0.2) is 41.4 Å². The molecule has 0 saturated heterocycles. The average molecular weight is 502 g/mol. The van der Waals surface area contributed by atoms with Crippen molar-refractivity contribution < 1.29 is 9.59 Å². The van der Waals surface area contributed by atoms with Crippen LogP contribution in [0.5, 0.6) is 0 Å². The number of nitrogens with two attached hydrogens (primary N) is 1. The van der Waals surface area contributed by atoms with Crippen molar-refractivity contribution >= 4 is 27.7 Å². The highest BCUT2D eigenvalue weighted by molar-refractivity contribution is 9.10. The fourth-order valence-electron chi connectivity index (χ4n) is 4.39. The summed E-state index contributed by atoms with van der Waals surface area (Å²) in [6, 6.07) is 7.71. The van der Waals surface area contributed by atoms with Crippen LogP contribution in [0.1, 0.15) is 57.8 Å². The van der Waals surface area contributed by atoms with E-state index in [1.165, 1.54) is 0 Å². The zero-order valence-electron chi connectivity index (χ0n) is 18.8. The summed E-state index contributed by atoms with van der Waals surface area (Å²) in [6.07, 6.45) is 5.35. The smallest absolute Gasteiger partial charge is 0.224 e. The van der Waals surface area contributed by atoms with Crippen molar-refractivity contribution in [1.82, 2.24) is 20.1 Å². The van der Waals surface area contributed by atoms with E-state index >= 15 is 0 Å². The molecular formula is C24H32BrN5O2. The lowest BCUT2D eigenvalue weighted by Gasteiger charge is -2.27. The third kappa shape index (κ3) is 5.65. The minimum Gasteiger partial charge on any atom is -0.369 e. The van der Waals surface area contributed by atoms with Crippen molar-refractivity contribution in [2.75, 3.05) is 0 Å². The Labute approximate surface area is 198 Å². The summed E-state index contributed by atoms with van der Waals surface area (Å²) in [5.41, 5.74) is 6.64. The average Bonchev–Trinajstić information content (AvgIpc) is 3.06. The van der Waals surface area contributed by atoms with Crippen LogP contribution in [0, 0.1) is 17.8 Å². The SMILES string of the molecule is C=CC[C@H](C(N)=O)[C@@H](CC(C)C)C(=O)N[C@H]1CCCCn2c(-c3ccc(Br)cc3)nnc21. The van der Waals surface area contributed by atoms with Gasteiger partial charge in [-0.25, -0.2) is 0 Å². The molecule has 0 unspecified atom stereocenters. The van der Waals surface area contributed by atoms with E-state index in [-0.39, 0.29) is 17.9 Å². The van der Waals surface area contributed by atoms with Gasteiger partial charge in [0.1, 0.15) is 0 Å². The quantitative estimate of drug-likeness (QED) is 0.497. The third-order valence-electron chi connectivity index (χ3n) is 5.97. The van der Waals surface area contributed by atoms with Gasteiger partial charge in [0.05, 0.1) is 17.9 Å². The summed E-state index contributed by atoms with van der Waals surface area (Å²) in [4.78, 5) is 25.5. The highest BCUT2D eigenvalue weighted by Gasteiger charge is 2.34. The van der Waals surface area contributed by atoms with Gasteiger partial charge >= 0.3 is 0 Å². The number of carbonyl (C=O) groups is 2. The number of hydrogen-bond donors (Lipinski definition) is 2. The standard InChI is InChI=1S/C24H32BrN5O2/c1-4-7-18(21(26)31)19(14-15(2)3)24(32)27-20-8-5-6-13-30-22(28-29-23(20)30)16-9-11-17(25)12-10-16/h4,9-12,15,18-20H,1,5-8,13-14H2,2-3H3,(H2,26,31)(H,27,32)/t18-,19+,20-/m0/s1. The minimum absolute atomic E-state index is 0.156. The summed E-state index contributed by atoms with van der Waals surface area (Å²) in [5, 5.41) is 12.1. The van der Waals surface area contributed by atoms with Crippen molar-refractivity contribution in [3.63, 3.8) is 0 Å². The molecule has 7 nitrogen and oxygen atoms in total. The molecule has 0 radical (unpaired) electrons. The van der Waals surface area contributed by atoms with Crippen LogP contribution in [0.25, 0.3) is 11.4 Å². The molecule has 0 aliphatic carbocycles. The molecule has 1 aliphatic heterocycles. The Balaban J connectivity index is 1.88. The molecule has 0 spiro atoms. The third-order valence-corrected chi connectivity index (χ3v) is 6.50. The zero-order valence-corrected chi connectivity index (χ0v) is 20.3. The molecule has 0 fully saturated rings. The van der Waals surface area contributed by atoms with Crippen molar-refractivity contribution in [2.24, 2.45) is 23.5 Å². The second kappa shape index (κ2) is 10.9. The molecule has 1 aromatic carbocycles. The van der Waals surface area contributed by atoms with Gasteiger partial charge in [-0.05, 0) is 50.2 Å². The van der Waals surface area contributed by atoms with Crippen LogP contribution >= 0.6 is 15.9 Å². The molecule has 2 aromatic rings. The van der Waals surface area contributed by atoms with Gasteiger partial charge in [-0.2, -0.15) is 0 Å². The van der Waals surface area contributed by atoms with Crippen LogP contribution < -0.4 is 11.1 Å². The Hall–Kier alpha value is -2.48. The molecule has 2 amide bonds. The van der Waals surface area contributed by atoms with E-state index in [0.29, 0.717) is 12.8 Å². The number of halogens is 1. The zero-order chi connectivity index (χ0) is 23.3. The molecular weight excluding hydrogens is 470 g/mol. The number of primary amides is 1. The fraction of sp³-hybridized carbons (Fsp3) is 0.500. The predicted molar refractivity (Wildman–Crippen MR) is 128 cm³/mol. The summed E-state index contributed by atoms with van der Waals surface area (Å²) in [7, 11) is 0. The van der Waals surface area contributed by atoms with E-state index in [1.807, 2.05) is 38.1 Å². The lowest BCUT2D eigenvalue weighted by molar-refractivity contribution is -0.134. The second-order valence-electron chi connectivity index (χ2n) is 8.87. The summed E-state index contributed by atoms with van der Waals surface area (Å²) >= 11 is 3.47. The lowest BCUT2D eigenvalue weighted by atomic mass is 9.82. The van der Waals surface area contributed by atoms with E-state index in [4.69, 9.17) is 5.73 Å². The van der Waals surface area contributed by atoms with E-state index < -0.39 is 17.7 Å². The minimum atomic E-state index is -0.572. The van der Waals surface area contributed by atoms with Gasteiger partial charge in [-0.15, -0.1) is 16.8 Å². The molecule has 3 atom stereocenters. The molecule has 3 rings (SSSR count). The first-order valence-corrected chi connectivity index (χ1v) is 12.0. The van der Waals surface area contributed by atoms with E-state index in [1.54, 1.807) is 6.08 Å². The Morgan fingerprint density at radius 3 is 2.59 bits per heavy atom. The maximum absolute atomic E-state index is 13.4. The maximum atomic E-state index is 13.4. The number of amides is 2. The molecule has 32 heavy (non-hydrogen) atoms. The molecule has 0 saturated carbocycles. The molecule has 3 N–H and O–H groups in total. The Morgan fingerprint density at radius 1 is 1.25 bits per heavy atom. The van der Waals surface area contributed by atoms with Crippen molar-refractivity contribution in [3.05, 3.63) is 47.2 Å². The summed E-state index contributed by atoms with van der Waals surface area (Å²) in [5.74, 6) is 0.112. The largest absolute Gasteiger partial charge is 0.369 e. The fourth-order valence-corrected chi connectivity index (χ4v) is 4.65. The van der Waals surface area contributed by atoms with Gasteiger partial charge < -0.3 is 15.6 Å². The number of aromatic nitrogens is 3. The maximum Gasteiger partial charge on any atom is 0.224 e. The number of allylic oxidation sites excluding steroid dienone is 1. The second-order valence-corrected chi connectivity index (χ2v) is 9.78. The van der Waals surface area contributed by atoms with E-state index in [9.17, 15) is 9.59 Å². The van der Waals surface area contributed by atoms with Crippen LogP contribution in [-0.4, -0.2) is 26.6 Å². The lowest BCUT2D eigenvalue weighted by Crippen LogP contribution is -2.42. The van der Waals surface area contributed by atoms with E-state index in [0.717, 1.165) is 47.5 Å². The number of rotatable bonds is 9. The number of hydrogen-bond acceptors (Lipinski definition) is 4. The topological polar surface area (TPSA) is 103 Å². The number of nitrogens with one attached hydrogen (secondary N) is 1. The van der Waals surface area contributed by atoms with Gasteiger partial charge in [0.2, 0.25) is 11.8 Å². The van der Waals surface area contributed by atoms with Gasteiger partial charge in [0, 0.05) is 16.6 Å². The normalized spacial score (nSPS) is 17.8. The first-order chi connectivity index (χ1) is 15.3. The van der Waals surface area contributed by atoms with Crippen LogP contribution in [-0.2, 0) is 16.1 Å². The predicted octanol–water partition coefficient (Wildman–Crippen LogP) is 4.39. The van der Waals surface area contributed by atoms with Crippen molar-refractivity contribution in [2.45, 2.75) is 58.5 Å². The van der Waals surface area contributed by atoms with E-state index in [2.05, 4.69) is 42.6 Å². The molecule has 1 aliphatic rings. The van der Waals surface area contributed by atoms with Crippen molar-refractivity contribution in [1.29, 1.82) is 0 Å². The number of fused-ring (bicyclic) bond motifs is 1. The van der Waals surface area contributed by atoms with Gasteiger partial charge in [0.25, 0.3) is 0 Å². The first-order valence-electron chi connectivity index (χ1n) is 11.2. The Kier molecular flexibility index (Phi) is 8.23. The monoisotopic (exact) mass is 501 g/mol. The number of nitrogens with zero attached hydrogens (tertiary/aromatic N) is 3. The summed E-state index contributed by atoms with van der Waals surface area (Å²) < 4.78 is 3.11. The molecule has 172 valence electrons. The highest BCUT2D eigenvalue weighted by atomic mass is 79.9. The molecule has 8 heteroatoms. The first kappa shape index (κ1) is 24.2. The van der Waals surface area contributed by atoms with Crippen LogP contribution in [0.4, 0.5) is 0 Å².